The Labute approximate surface area is 156 Å². The highest BCUT2D eigenvalue weighted by Gasteiger charge is 2.36. The maximum Gasteiger partial charge on any atom is 0.135 e. The molecule has 0 bridgehead atoms. The third kappa shape index (κ3) is 3.22. The largest absolute Gasteiger partial charge is 0.488 e. The molecule has 0 amide bonds. The van der Waals surface area contributed by atoms with Gasteiger partial charge in [-0.1, -0.05) is 69.3 Å². The van der Waals surface area contributed by atoms with Crippen LogP contribution in [0, 0.1) is 0 Å². The van der Waals surface area contributed by atoms with Crippen molar-refractivity contribution in [1.29, 1.82) is 0 Å². The van der Waals surface area contributed by atoms with Crippen LogP contribution in [0.5, 0.6) is 17.2 Å². The second-order valence-corrected chi connectivity index (χ2v) is 10.3. The molecule has 132 valence electrons. The van der Waals surface area contributed by atoms with E-state index in [0.29, 0.717) is 0 Å². The molecule has 0 saturated heterocycles. The molecule has 3 aromatic carbocycles. The number of ether oxygens (including phenoxy) is 2. The molecule has 0 spiro atoms. The summed E-state index contributed by atoms with van der Waals surface area (Å²) in [5.41, 5.74) is 2.35. The summed E-state index contributed by atoms with van der Waals surface area (Å²) in [5, 5.41) is 1.56. The van der Waals surface area contributed by atoms with Gasteiger partial charge in [0.25, 0.3) is 0 Å². The van der Waals surface area contributed by atoms with Crippen LogP contribution < -0.4 is 14.8 Å². The minimum atomic E-state index is -0.396. The highest BCUT2D eigenvalue weighted by molar-refractivity contribution is 7.67. The molecule has 0 aliphatic carbocycles. The van der Waals surface area contributed by atoms with Gasteiger partial charge in [-0.05, 0) is 42.9 Å². The lowest BCUT2D eigenvalue weighted by Gasteiger charge is -2.27. The van der Waals surface area contributed by atoms with E-state index in [1.54, 1.807) is 0 Å². The first-order valence-corrected chi connectivity index (χ1v) is 10.4. The Morgan fingerprint density at radius 2 is 1.50 bits per heavy atom. The second kappa shape index (κ2) is 6.78. The zero-order valence-electron chi connectivity index (χ0n) is 15.4. The lowest BCUT2D eigenvalue weighted by molar-refractivity contribution is 0.400. The number of para-hydroxylation sites is 2. The van der Waals surface area contributed by atoms with Gasteiger partial charge in [-0.25, -0.2) is 0 Å². The monoisotopic (exact) mass is 362 g/mol. The van der Waals surface area contributed by atoms with Crippen molar-refractivity contribution in [2.24, 2.45) is 0 Å². The number of hydrogen-bond donors (Lipinski definition) is 0. The molecular weight excluding hydrogens is 339 g/mol. The van der Waals surface area contributed by atoms with E-state index in [0.717, 1.165) is 29.2 Å². The van der Waals surface area contributed by atoms with Gasteiger partial charge in [0.15, 0.2) is 0 Å². The highest BCUT2D eigenvalue weighted by Crippen LogP contribution is 2.56. The molecule has 3 aromatic rings. The predicted molar refractivity (Wildman–Crippen MR) is 110 cm³/mol. The van der Waals surface area contributed by atoms with Gasteiger partial charge in [-0.2, -0.15) is 0 Å². The van der Waals surface area contributed by atoms with Crippen molar-refractivity contribution in [3.63, 3.8) is 0 Å². The van der Waals surface area contributed by atoms with Crippen LogP contribution in [0.3, 0.4) is 0 Å². The zero-order valence-corrected chi connectivity index (χ0v) is 16.3. The number of hydrogen-bond acceptors (Lipinski definition) is 2. The molecule has 0 radical (unpaired) electrons. The minimum absolute atomic E-state index is 0.200. The Hall–Kier alpha value is -2.31. The predicted octanol–water partition coefficient (Wildman–Crippen LogP) is 6.40. The summed E-state index contributed by atoms with van der Waals surface area (Å²) < 4.78 is 12.3. The van der Waals surface area contributed by atoms with Crippen LogP contribution in [-0.4, -0.2) is 11.5 Å². The first-order chi connectivity index (χ1) is 12.5. The summed E-state index contributed by atoms with van der Waals surface area (Å²) in [6, 6.07) is 24.6. The standard InChI is InChI=1S/C23H23O2P/c1-23(2,3)26-16-24-21-15-9-13-19(22(21)26)18-12-7-8-14-20(18)25-17-10-5-4-6-11-17/h4-15H,16H2,1-3H3/t26-/m0/s1. The molecule has 26 heavy (non-hydrogen) atoms. The van der Waals surface area contributed by atoms with Crippen LogP contribution in [0.25, 0.3) is 11.1 Å². The van der Waals surface area contributed by atoms with Crippen LogP contribution in [0.4, 0.5) is 0 Å². The molecule has 3 heteroatoms. The van der Waals surface area contributed by atoms with Gasteiger partial charge in [-0.15, -0.1) is 0 Å². The highest BCUT2D eigenvalue weighted by atomic mass is 31.1. The van der Waals surface area contributed by atoms with Crippen molar-refractivity contribution in [2.75, 3.05) is 6.35 Å². The summed E-state index contributed by atoms with van der Waals surface area (Å²) in [4.78, 5) is 0. The van der Waals surface area contributed by atoms with E-state index in [1.807, 2.05) is 42.5 Å². The first kappa shape index (κ1) is 17.1. The molecule has 0 N–H and O–H groups in total. The summed E-state index contributed by atoms with van der Waals surface area (Å²) in [7, 11) is -0.396. The normalized spacial score (nSPS) is 16.0. The van der Waals surface area contributed by atoms with Gasteiger partial charge in [0.1, 0.15) is 23.6 Å². The van der Waals surface area contributed by atoms with Crippen LogP contribution in [-0.2, 0) is 0 Å². The van der Waals surface area contributed by atoms with Gasteiger partial charge in [-0.3, -0.25) is 0 Å². The Morgan fingerprint density at radius 3 is 2.27 bits per heavy atom. The summed E-state index contributed by atoms with van der Waals surface area (Å²) in [6.45, 7) is 6.92. The molecular formula is C23H23O2P. The number of benzene rings is 3. The smallest absolute Gasteiger partial charge is 0.135 e. The Bertz CT molecular complexity index is 913. The van der Waals surface area contributed by atoms with E-state index < -0.39 is 7.92 Å². The Balaban J connectivity index is 1.82. The molecule has 4 rings (SSSR count). The quantitative estimate of drug-likeness (QED) is 0.502. The fourth-order valence-corrected chi connectivity index (χ4v) is 5.60. The van der Waals surface area contributed by atoms with Crippen LogP contribution in [0.15, 0.2) is 72.8 Å². The van der Waals surface area contributed by atoms with E-state index in [2.05, 4.69) is 51.1 Å². The van der Waals surface area contributed by atoms with Gasteiger partial charge in [0.05, 0.1) is 0 Å². The molecule has 1 heterocycles. The molecule has 1 atom stereocenters. The molecule has 1 aliphatic rings. The third-order valence-electron chi connectivity index (χ3n) is 4.58. The van der Waals surface area contributed by atoms with Crippen molar-refractivity contribution in [3.8, 4) is 28.4 Å². The van der Waals surface area contributed by atoms with E-state index in [1.165, 1.54) is 10.9 Å². The van der Waals surface area contributed by atoms with Crippen molar-refractivity contribution in [3.05, 3.63) is 72.8 Å². The van der Waals surface area contributed by atoms with Crippen molar-refractivity contribution in [1.82, 2.24) is 0 Å². The summed E-state index contributed by atoms with van der Waals surface area (Å²) in [5.74, 6) is 2.75. The van der Waals surface area contributed by atoms with Crippen molar-refractivity contribution in [2.45, 2.75) is 25.9 Å². The maximum atomic E-state index is 6.21. The number of fused-ring (bicyclic) bond motifs is 1. The Morgan fingerprint density at radius 1 is 0.808 bits per heavy atom. The molecule has 0 aromatic heterocycles. The maximum absolute atomic E-state index is 6.21. The lowest BCUT2D eigenvalue weighted by Crippen LogP contribution is -2.19. The number of rotatable bonds is 3. The summed E-state index contributed by atoms with van der Waals surface area (Å²) >= 11 is 0. The lowest BCUT2D eigenvalue weighted by atomic mass is 10.0. The SMILES string of the molecule is CC(C)(C)[P@@]1COc2cccc(-c3ccccc3Oc3ccccc3)c21. The Kier molecular flexibility index (Phi) is 4.46. The molecule has 1 aliphatic heterocycles. The third-order valence-corrected chi connectivity index (χ3v) is 7.58. The van der Waals surface area contributed by atoms with Gasteiger partial charge < -0.3 is 9.47 Å². The van der Waals surface area contributed by atoms with Crippen LogP contribution in [0.2, 0.25) is 0 Å². The van der Waals surface area contributed by atoms with Gasteiger partial charge >= 0.3 is 0 Å². The van der Waals surface area contributed by atoms with Gasteiger partial charge in [0.2, 0.25) is 0 Å². The summed E-state index contributed by atoms with van der Waals surface area (Å²) in [6.07, 6.45) is 0.799. The fourth-order valence-electron chi connectivity index (χ4n) is 3.26. The molecule has 0 saturated carbocycles. The van der Waals surface area contributed by atoms with E-state index >= 15 is 0 Å². The zero-order chi connectivity index (χ0) is 18.1. The molecule has 2 nitrogen and oxygen atoms in total. The minimum Gasteiger partial charge on any atom is -0.488 e. The van der Waals surface area contributed by atoms with E-state index in [-0.39, 0.29) is 5.16 Å². The average Bonchev–Trinajstić information content (AvgIpc) is 3.08. The first-order valence-electron chi connectivity index (χ1n) is 8.90. The van der Waals surface area contributed by atoms with Crippen molar-refractivity contribution < 1.29 is 9.47 Å². The van der Waals surface area contributed by atoms with Crippen LogP contribution >= 0.6 is 7.92 Å². The molecule has 0 fully saturated rings. The van der Waals surface area contributed by atoms with Gasteiger partial charge in [0, 0.05) is 10.9 Å². The second-order valence-electron chi connectivity index (χ2n) is 7.44. The van der Waals surface area contributed by atoms with E-state index in [4.69, 9.17) is 9.47 Å². The average molecular weight is 362 g/mol. The topological polar surface area (TPSA) is 18.5 Å². The van der Waals surface area contributed by atoms with Crippen molar-refractivity contribution >= 4 is 13.2 Å². The van der Waals surface area contributed by atoms with E-state index in [9.17, 15) is 0 Å². The fraction of sp³-hybridized carbons (Fsp3) is 0.217. The molecule has 0 unspecified atom stereocenters. The van der Waals surface area contributed by atoms with Crippen LogP contribution in [0.1, 0.15) is 20.8 Å².